The van der Waals surface area contributed by atoms with Crippen LogP contribution in [0.1, 0.15) is 72.1 Å². The molecule has 0 unspecified atom stereocenters. The first kappa shape index (κ1) is 18.8. The molecule has 0 aliphatic carbocycles. The van der Waals surface area contributed by atoms with Crippen LogP contribution in [0.15, 0.2) is 24.4 Å². The van der Waals surface area contributed by atoms with Gasteiger partial charge < -0.3 is 9.64 Å². The number of carbonyl (C=O) groups is 1. The average Bonchev–Trinajstić information content (AvgIpc) is 2.44. The summed E-state index contributed by atoms with van der Waals surface area (Å²) in [6, 6.07) is 0. The van der Waals surface area contributed by atoms with Crippen LogP contribution in [-0.4, -0.2) is 29.6 Å². The predicted molar refractivity (Wildman–Crippen MR) is 92.6 cm³/mol. The summed E-state index contributed by atoms with van der Waals surface area (Å²) in [5.74, 6) is -0.0591. The van der Waals surface area contributed by atoms with Crippen molar-refractivity contribution < 1.29 is 9.53 Å². The van der Waals surface area contributed by atoms with Gasteiger partial charge in [0.1, 0.15) is 5.60 Å². The number of unbranched alkanes of at least 4 members (excludes halogenated alkanes) is 6. The Morgan fingerprint density at radius 1 is 1.00 bits per heavy atom. The van der Waals surface area contributed by atoms with Crippen molar-refractivity contribution in [3.05, 3.63) is 24.4 Å². The van der Waals surface area contributed by atoms with E-state index in [0.29, 0.717) is 6.42 Å². The zero-order chi connectivity index (χ0) is 16.3. The Morgan fingerprint density at radius 3 is 2.23 bits per heavy atom. The molecular formula is C19H33NO2. The molecule has 0 spiro atoms. The summed E-state index contributed by atoms with van der Waals surface area (Å²) in [4.78, 5) is 13.9. The van der Waals surface area contributed by atoms with E-state index in [1.807, 2.05) is 20.8 Å². The Morgan fingerprint density at radius 2 is 1.64 bits per heavy atom. The summed E-state index contributed by atoms with van der Waals surface area (Å²) in [5, 5.41) is 0. The van der Waals surface area contributed by atoms with Crippen molar-refractivity contribution in [2.75, 3.05) is 13.1 Å². The number of hydrogen-bond acceptors (Lipinski definition) is 3. The largest absolute Gasteiger partial charge is 0.460 e. The first-order chi connectivity index (χ1) is 10.5. The number of nitrogens with zero attached hydrogens (tertiary/aromatic N) is 1. The maximum Gasteiger partial charge on any atom is 0.306 e. The second-order valence-corrected chi connectivity index (χ2v) is 7.08. The number of carbonyl (C=O) groups excluding carboxylic acids is 1. The van der Waals surface area contributed by atoms with Crippen molar-refractivity contribution in [2.45, 2.75) is 77.7 Å². The van der Waals surface area contributed by atoms with Crippen LogP contribution in [0.25, 0.3) is 0 Å². The van der Waals surface area contributed by atoms with E-state index in [4.69, 9.17) is 4.74 Å². The van der Waals surface area contributed by atoms with Crippen molar-refractivity contribution in [1.82, 2.24) is 4.90 Å². The molecule has 1 heterocycles. The van der Waals surface area contributed by atoms with Gasteiger partial charge in [-0.05, 0) is 45.9 Å². The van der Waals surface area contributed by atoms with Crippen LogP contribution in [0.3, 0.4) is 0 Å². The molecule has 22 heavy (non-hydrogen) atoms. The molecule has 1 aliphatic heterocycles. The standard InChI is InChI=1S/C19H33NO2/c1-19(2,3)22-18(21)14-10-7-5-4-6-8-11-15-20-16-12-9-13-17-20/h9,12-13,16H,4-8,10-11,14-15,17H2,1-3H3. The first-order valence-electron chi connectivity index (χ1n) is 8.76. The van der Waals surface area contributed by atoms with Gasteiger partial charge >= 0.3 is 5.97 Å². The van der Waals surface area contributed by atoms with Crippen molar-refractivity contribution >= 4 is 5.97 Å². The fourth-order valence-electron chi connectivity index (χ4n) is 2.53. The van der Waals surface area contributed by atoms with Crippen molar-refractivity contribution in [3.63, 3.8) is 0 Å². The third-order valence-corrected chi connectivity index (χ3v) is 3.63. The van der Waals surface area contributed by atoms with Crippen LogP contribution in [0.4, 0.5) is 0 Å². The van der Waals surface area contributed by atoms with Gasteiger partial charge in [-0.3, -0.25) is 4.79 Å². The summed E-state index contributed by atoms with van der Waals surface area (Å²) in [6.45, 7) is 7.98. The Balaban J connectivity index is 1.84. The highest BCUT2D eigenvalue weighted by Gasteiger charge is 2.15. The SMILES string of the molecule is CC(C)(C)OC(=O)CCCCCCCCCN1C=CC=CC1. The summed E-state index contributed by atoms with van der Waals surface area (Å²) < 4.78 is 5.30. The Labute approximate surface area is 136 Å². The van der Waals surface area contributed by atoms with Gasteiger partial charge in [0.05, 0.1) is 0 Å². The van der Waals surface area contributed by atoms with E-state index in [1.165, 1.54) is 38.6 Å². The smallest absolute Gasteiger partial charge is 0.306 e. The number of allylic oxidation sites excluding steroid dienone is 2. The molecule has 0 bridgehead atoms. The third kappa shape index (κ3) is 10.5. The highest BCUT2D eigenvalue weighted by Crippen LogP contribution is 2.13. The molecule has 3 heteroatoms. The summed E-state index contributed by atoms with van der Waals surface area (Å²) in [7, 11) is 0. The van der Waals surface area contributed by atoms with Gasteiger partial charge in [-0.1, -0.05) is 44.3 Å². The van der Waals surface area contributed by atoms with Gasteiger partial charge in [-0.25, -0.2) is 0 Å². The lowest BCUT2D eigenvalue weighted by molar-refractivity contribution is -0.154. The van der Waals surface area contributed by atoms with Crippen LogP contribution in [-0.2, 0) is 9.53 Å². The highest BCUT2D eigenvalue weighted by atomic mass is 16.6. The molecule has 0 amide bonds. The second kappa shape index (κ2) is 10.5. The Kier molecular flexibility index (Phi) is 8.95. The molecule has 0 N–H and O–H groups in total. The Bertz CT molecular complexity index is 366. The molecule has 1 rings (SSSR count). The van der Waals surface area contributed by atoms with Crippen LogP contribution in [0, 0.1) is 0 Å². The average molecular weight is 307 g/mol. The normalized spacial score (nSPS) is 14.4. The van der Waals surface area contributed by atoms with Gasteiger partial charge in [-0.15, -0.1) is 0 Å². The minimum Gasteiger partial charge on any atom is -0.460 e. The predicted octanol–water partition coefficient (Wildman–Crippen LogP) is 4.83. The maximum atomic E-state index is 11.5. The molecule has 0 saturated heterocycles. The maximum absolute atomic E-state index is 11.5. The molecule has 0 aromatic carbocycles. The third-order valence-electron chi connectivity index (χ3n) is 3.63. The van der Waals surface area contributed by atoms with E-state index in [-0.39, 0.29) is 11.6 Å². The molecule has 0 aromatic rings. The summed E-state index contributed by atoms with van der Waals surface area (Å²) in [6.07, 6.45) is 17.6. The lowest BCUT2D eigenvalue weighted by Crippen LogP contribution is -2.23. The molecule has 0 radical (unpaired) electrons. The summed E-state index contributed by atoms with van der Waals surface area (Å²) in [5.41, 5.74) is -0.351. The van der Waals surface area contributed by atoms with Crippen LogP contribution >= 0.6 is 0 Å². The fourth-order valence-corrected chi connectivity index (χ4v) is 2.53. The first-order valence-corrected chi connectivity index (χ1v) is 8.76. The molecule has 3 nitrogen and oxygen atoms in total. The summed E-state index contributed by atoms with van der Waals surface area (Å²) >= 11 is 0. The van der Waals surface area contributed by atoms with E-state index in [9.17, 15) is 4.79 Å². The van der Waals surface area contributed by atoms with Gasteiger partial charge in [0.25, 0.3) is 0 Å². The molecule has 0 atom stereocenters. The van der Waals surface area contributed by atoms with E-state index < -0.39 is 0 Å². The molecule has 1 aliphatic rings. The lowest BCUT2D eigenvalue weighted by Gasteiger charge is -2.20. The quantitative estimate of drug-likeness (QED) is 0.427. The van der Waals surface area contributed by atoms with Crippen LogP contribution in [0.2, 0.25) is 0 Å². The molecule has 126 valence electrons. The second-order valence-electron chi connectivity index (χ2n) is 7.08. The van der Waals surface area contributed by atoms with Gasteiger partial charge in [-0.2, -0.15) is 0 Å². The van der Waals surface area contributed by atoms with Crippen molar-refractivity contribution in [2.24, 2.45) is 0 Å². The number of ether oxygens (including phenoxy) is 1. The molecular weight excluding hydrogens is 274 g/mol. The van der Waals surface area contributed by atoms with E-state index >= 15 is 0 Å². The van der Waals surface area contributed by atoms with Crippen molar-refractivity contribution in [1.29, 1.82) is 0 Å². The zero-order valence-electron chi connectivity index (χ0n) is 14.6. The molecule has 0 saturated carbocycles. The zero-order valence-corrected chi connectivity index (χ0v) is 14.6. The highest BCUT2D eigenvalue weighted by molar-refractivity contribution is 5.69. The van der Waals surface area contributed by atoms with E-state index in [2.05, 4.69) is 29.3 Å². The topological polar surface area (TPSA) is 29.5 Å². The fraction of sp³-hybridized carbons (Fsp3) is 0.737. The van der Waals surface area contributed by atoms with Crippen LogP contribution in [0.5, 0.6) is 0 Å². The minimum atomic E-state index is -0.351. The van der Waals surface area contributed by atoms with Crippen LogP contribution < -0.4 is 0 Å². The number of hydrogen-bond donors (Lipinski definition) is 0. The minimum absolute atomic E-state index is 0.0591. The number of rotatable bonds is 10. The van der Waals surface area contributed by atoms with Gasteiger partial charge in [0.2, 0.25) is 0 Å². The number of esters is 1. The monoisotopic (exact) mass is 307 g/mol. The molecule has 0 aromatic heterocycles. The van der Waals surface area contributed by atoms with E-state index in [1.54, 1.807) is 0 Å². The van der Waals surface area contributed by atoms with Gasteiger partial charge in [0.15, 0.2) is 0 Å². The van der Waals surface area contributed by atoms with E-state index in [0.717, 1.165) is 19.4 Å². The lowest BCUT2D eigenvalue weighted by atomic mass is 10.1. The van der Waals surface area contributed by atoms with Gasteiger partial charge in [0, 0.05) is 19.5 Å². The Hall–Kier alpha value is -1.25. The van der Waals surface area contributed by atoms with Crippen molar-refractivity contribution in [3.8, 4) is 0 Å². The molecule has 0 fully saturated rings.